The van der Waals surface area contributed by atoms with Gasteiger partial charge in [0.05, 0.1) is 25.5 Å². The topological polar surface area (TPSA) is 63.9 Å². The molecule has 1 spiro atoms. The summed E-state index contributed by atoms with van der Waals surface area (Å²) in [5.41, 5.74) is 4.78. The second-order valence-corrected chi connectivity index (χ2v) is 9.41. The largest absolute Gasteiger partial charge is 0.496 e. The number of nitrogens with zero attached hydrogens (tertiary/aromatic N) is 1. The van der Waals surface area contributed by atoms with E-state index in [1.807, 2.05) is 6.07 Å². The summed E-state index contributed by atoms with van der Waals surface area (Å²) >= 11 is 0. The molecule has 2 aromatic carbocycles. The van der Waals surface area contributed by atoms with Crippen molar-refractivity contribution >= 4 is 5.91 Å². The lowest BCUT2D eigenvalue weighted by atomic mass is 9.72. The van der Waals surface area contributed by atoms with Crippen molar-refractivity contribution in [1.29, 1.82) is 0 Å². The maximum absolute atomic E-state index is 12.9. The first-order valence-corrected chi connectivity index (χ1v) is 11.9. The number of hydrogen-bond acceptors (Lipinski definition) is 5. The van der Waals surface area contributed by atoms with E-state index in [2.05, 4.69) is 53.5 Å². The van der Waals surface area contributed by atoms with Crippen molar-refractivity contribution in [1.82, 2.24) is 10.2 Å². The maximum atomic E-state index is 12.9. The molecule has 6 nitrogen and oxygen atoms in total. The fraction of sp³-hybridized carbons (Fsp3) is 0.393. The fourth-order valence-electron chi connectivity index (χ4n) is 5.95. The molecule has 1 amide bonds. The Balaban J connectivity index is 1.35. The predicted molar refractivity (Wildman–Crippen MR) is 130 cm³/mol. The van der Waals surface area contributed by atoms with Crippen LogP contribution in [0.25, 0.3) is 0 Å². The molecule has 1 aliphatic carbocycles. The Morgan fingerprint density at radius 3 is 2.59 bits per heavy atom. The molecule has 3 aromatic rings. The molecule has 1 N–H and O–H groups in total. The number of rotatable bonds is 6. The third-order valence-corrected chi connectivity index (χ3v) is 7.58. The summed E-state index contributed by atoms with van der Waals surface area (Å²) < 4.78 is 16.9. The van der Waals surface area contributed by atoms with Gasteiger partial charge in [-0.25, -0.2) is 0 Å². The number of amides is 1. The summed E-state index contributed by atoms with van der Waals surface area (Å²) in [5, 5.41) is 3.19. The summed E-state index contributed by atoms with van der Waals surface area (Å²) in [7, 11) is 3.47. The van der Waals surface area contributed by atoms with Gasteiger partial charge in [-0.15, -0.1) is 0 Å². The van der Waals surface area contributed by atoms with Crippen molar-refractivity contribution in [2.24, 2.45) is 0 Å². The monoisotopic (exact) mass is 460 g/mol. The zero-order chi connectivity index (χ0) is 23.7. The van der Waals surface area contributed by atoms with Crippen molar-refractivity contribution in [3.63, 3.8) is 0 Å². The van der Waals surface area contributed by atoms with Crippen LogP contribution < -0.4 is 10.1 Å². The minimum atomic E-state index is -0.213. The minimum Gasteiger partial charge on any atom is -0.496 e. The van der Waals surface area contributed by atoms with Crippen molar-refractivity contribution < 1.29 is 18.7 Å². The number of hydrogen-bond donors (Lipinski definition) is 1. The van der Waals surface area contributed by atoms with Crippen LogP contribution in [0.4, 0.5) is 0 Å². The zero-order valence-electron chi connectivity index (χ0n) is 20.0. The van der Waals surface area contributed by atoms with E-state index in [-0.39, 0.29) is 23.5 Å². The third-order valence-electron chi connectivity index (χ3n) is 7.58. The lowest BCUT2D eigenvalue weighted by Crippen LogP contribution is -2.50. The first-order chi connectivity index (χ1) is 16.6. The first kappa shape index (κ1) is 22.7. The Labute approximate surface area is 200 Å². The van der Waals surface area contributed by atoms with Crippen LogP contribution in [0.3, 0.4) is 0 Å². The van der Waals surface area contributed by atoms with Crippen LogP contribution in [0, 0.1) is 6.92 Å². The highest BCUT2D eigenvalue weighted by molar-refractivity contribution is 5.91. The molecule has 6 heteroatoms. The molecule has 1 aromatic heterocycles. The highest BCUT2D eigenvalue weighted by Gasteiger charge is 2.54. The van der Waals surface area contributed by atoms with E-state index in [1.54, 1.807) is 26.4 Å². The number of ether oxygens (including phenoxy) is 2. The summed E-state index contributed by atoms with van der Waals surface area (Å²) in [5.74, 6) is 1.03. The number of piperidine rings is 1. The molecule has 5 rings (SSSR count). The van der Waals surface area contributed by atoms with Gasteiger partial charge in [-0.3, -0.25) is 9.69 Å². The lowest BCUT2D eigenvalue weighted by Gasteiger charge is -2.44. The standard InChI is InChI=1S/C28H32N2O4/c1-19-17-20(10-11-23(19)32-2)18-30-14-12-28(13-15-30)22-8-5-4-7-21(22)25(26(28)33-3)29-27(31)24-9-6-16-34-24/h4-11,16-17,25-26H,12-15,18H2,1-3H3,(H,29,31)/t25-,26+/m1/s1. The van der Waals surface area contributed by atoms with Gasteiger partial charge in [-0.2, -0.15) is 0 Å². The van der Waals surface area contributed by atoms with Gasteiger partial charge in [0.1, 0.15) is 5.75 Å². The quantitative estimate of drug-likeness (QED) is 0.581. The SMILES string of the molecule is COc1ccc(CN2CCC3(CC2)c2ccccc2[C@@H](NC(=O)c2ccco2)[C@@H]3OC)cc1C. The summed E-state index contributed by atoms with van der Waals surface area (Å²) in [6, 6.07) is 18.1. The molecule has 0 saturated carbocycles. The van der Waals surface area contributed by atoms with Crippen LogP contribution in [-0.4, -0.2) is 44.2 Å². The molecule has 2 aliphatic rings. The van der Waals surface area contributed by atoms with Crippen LogP contribution in [0.2, 0.25) is 0 Å². The molecule has 1 aliphatic heterocycles. The van der Waals surface area contributed by atoms with Gasteiger partial charge in [-0.1, -0.05) is 36.4 Å². The fourth-order valence-corrected chi connectivity index (χ4v) is 5.95. The van der Waals surface area contributed by atoms with E-state index in [1.165, 1.54) is 17.4 Å². The van der Waals surface area contributed by atoms with Gasteiger partial charge in [0, 0.05) is 19.1 Å². The Morgan fingerprint density at radius 1 is 1.12 bits per heavy atom. The number of aryl methyl sites for hydroxylation is 1. The molecule has 34 heavy (non-hydrogen) atoms. The van der Waals surface area contributed by atoms with E-state index in [0.29, 0.717) is 5.76 Å². The molecular weight excluding hydrogens is 428 g/mol. The summed E-state index contributed by atoms with van der Waals surface area (Å²) in [6.45, 7) is 4.94. The van der Waals surface area contributed by atoms with Gasteiger partial charge in [0.2, 0.25) is 0 Å². The summed E-state index contributed by atoms with van der Waals surface area (Å²) in [6.07, 6.45) is 3.34. The number of fused-ring (bicyclic) bond motifs is 2. The van der Waals surface area contributed by atoms with E-state index >= 15 is 0 Å². The Kier molecular flexibility index (Phi) is 6.19. The predicted octanol–water partition coefficient (Wildman–Crippen LogP) is 4.63. The lowest BCUT2D eigenvalue weighted by molar-refractivity contribution is -0.0124. The highest BCUT2D eigenvalue weighted by Crippen LogP contribution is 2.52. The average Bonchev–Trinajstić information content (AvgIpc) is 3.47. The van der Waals surface area contributed by atoms with Crippen molar-refractivity contribution in [2.45, 2.75) is 43.9 Å². The Hall–Kier alpha value is -3.09. The normalized spacial score (nSPS) is 21.4. The number of nitrogens with one attached hydrogen (secondary N) is 1. The summed E-state index contributed by atoms with van der Waals surface area (Å²) in [4.78, 5) is 15.4. The van der Waals surface area contributed by atoms with E-state index in [4.69, 9.17) is 13.9 Å². The number of methoxy groups -OCH3 is 2. The first-order valence-electron chi connectivity index (χ1n) is 11.9. The Bertz CT molecular complexity index is 1150. The smallest absolute Gasteiger partial charge is 0.287 e. The van der Waals surface area contributed by atoms with Gasteiger partial charge < -0.3 is 19.2 Å². The number of benzene rings is 2. The molecule has 178 valence electrons. The van der Waals surface area contributed by atoms with Gasteiger partial charge in [-0.05, 0) is 73.3 Å². The van der Waals surface area contributed by atoms with Crippen LogP contribution in [0.5, 0.6) is 5.75 Å². The molecule has 2 atom stereocenters. The molecule has 2 heterocycles. The number of furan rings is 1. The van der Waals surface area contributed by atoms with E-state index in [9.17, 15) is 4.79 Å². The van der Waals surface area contributed by atoms with Crippen molar-refractivity contribution in [3.05, 3.63) is 88.9 Å². The van der Waals surface area contributed by atoms with E-state index < -0.39 is 0 Å². The van der Waals surface area contributed by atoms with Crippen LogP contribution in [0.15, 0.2) is 65.3 Å². The van der Waals surface area contributed by atoms with Gasteiger partial charge >= 0.3 is 0 Å². The van der Waals surface area contributed by atoms with Crippen LogP contribution >= 0.6 is 0 Å². The van der Waals surface area contributed by atoms with Crippen LogP contribution in [0.1, 0.15) is 51.7 Å². The van der Waals surface area contributed by atoms with Gasteiger partial charge in [0.15, 0.2) is 5.76 Å². The molecule has 1 saturated heterocycles. The molecular formula is C28H32N2O4. The second kappa shape index (κ2) is 9.28. The average molecular weight is 461 g/mol. The van der Waals surface area contributed by atoms with Crippen molar-refractivity contribution in [2.75, 3.05) is 27.3 Å². The number of likely N-dealkylation sites (tertiary alicyclic amines) is 1. The molecule has 1 fully saturated rings. The maximum Gasteiger partial charge on any atom is 0.287 e. The minimum absolute atomic E-state index is 0.126. The molecule has 0 radical (unpaired) electrons. The van der Waals surface area contributed by atoms with Gasteiger partial charge in [0.25, 0.3) is 5.91 Å². The second-order valence-electron chi connectivity index (χ2n) is 9.41. The van der Waals surface area contributed by atoms with Crippen molar-refractivity contribution in [3.8, 4) is 5.75 Å². The van der Waals surface area contributed by atoms with E-state index in [0.717, 1.165) is 49.4 Å². The number of carbonyl (C=O) groups is 1. The Morgan fingerprint density at radius 2 is 1.91 bits per heavy atom. The third kappa shape index (κ3) is 3.91. The zero-order valence-corrected chi connectivity index (χ0v) is 20.0. The molecule has 0 unspecified atom stereocenters. The number of carbonyl (C=O) groups excluding carboxylic acids is 1. The molecule has 0 bridgehead atoms. The highest BCUT2D eigenvalue weighted by atomic mass is 16.5. The van der Waals surface area contributed by atoms with Crippen LogP contribution in [-0.2, 0) is 16.7 Å².